The summed E-state index contributed by atoms with van der Waals surface area (Å²) in [6, 6.07) is 0.257. The molecule has 0 bridgehead atoms. The largest absolute Gasteiger partial charge is 0.481 e. The van der Waals surface area contributed by atoms with Crippen molar-refractivity contribution in [3.8, 4) is 0 Å². The molecule has 1 amide bonds. The van der Waals surface area contributed by atoms with Crippen molar-refractivity contribution in [2.45, 2.75) is 25.3 Å². The molecule has 0 aromatic rings. The summed E-state index contributed by atoms with van der Waals surface area (Å²) in [7, 11) is 2.07. The molecule has 2 aliphatic heterocycles. The zero-order chi connectivity index (χ0) is 11.7. The van der Waals surface area contributed by atoms with Crippen LogP contribution in [0.25, 0.3) is 0 Å². The summed E-state index contributed by atoms with van der Waals surface area (Å²) in [6.45, 7) is 2.39. The molecule has 16 heavy (non-hydrogen) atoms. The lowest BCUT2D eigenvalue weighted by Crippen LogP contribution is -2.44. The molecule has 1 N–H and O–H groups in total. The normalized spacial score (nSPS) is 28.7. The molecule has 0 aromatic carbocycles. The van der Waals surface area contributed by atoms with Crippen LogP contribution in [-0.4, -0.2) is 59.5 Å². The first-order valence-corrected chi connectivity index (χ1v) is 5.78. The Bertz CT molecular complexity index is 298. The number of carbonyl (C=O) groups excluding carboxylic acids is 1. The average Bonchev–Trinajstić information content (AvgIpc) is 2.62. The predicted molar refractivity (Wildman–Crippen MR) is 58.0 cm³/mol. The van der Waals surface area contributed by atoms with Crippen LogP contribution in [0.3, 0.4) is 0 Å². The summed E-state index contributed by atoms with van der Waals surface area (Å²) in [4.78, 5) is 26.6. The number of hydrogen-bond donors (Lipinski definition) is 1. The van der Waals surface area contributed by atoms with Gasteiger partial charge in [-0.3, -0.25) is 9.59 Å². The van der Waals surface area contributed by atoms with Crippen molar-refractivity contribution in [2.24, 2.45) is 5.92 Å². The van der Waals surface area contributed by atoms with Crippen LogP contribution in [-0.2, 0) is 9.59 Å². The van der Waals surface area contributed by atoms with Gasteiger partial charge in [0.1, 0.15) is 0 Å². The van der Waals surface area contributed by atoms with Crippen molar-refractivity contribution < 1.29 is 14.7 Å². The van der Waals surface area contributed by atoms with E-state index in [1.165, 1.54) is 0 Å². The fraction of sp³-hybridized carbons (Fsp3) is 0.818. The Balaban J connectivity index is 1.95. The Morgan fingerprint density at radius 1 is 1.38 bits per heavy atom. The molecule has 2 aliphatic rings. The molecule has 0 aliphatic carbocycles. The fourth-order valence-corrected chi connectivity index (χ4v) is 2.56. The van der Waals surface area contributed by atoms with Crippen molar-refractivity contribution in [2.75, 3.05) is 26.7 Å². The SMILES string of the molecule is CN1CCC(N2C[C@@H](C(=O)O)CC2=O)CC1. The van der Waals surface area contributed by atoms with Crippen LogP contribution in [0.2, 0.25) is 0 Å². The van der Waals surface area contributed by atoms with Crippen LogP contribution in [0.4, 0.5) is 0 Å². The van der Waals surface area contributed by atoms with Crippen molar-refractivity contribution in [1.82, 2.24) is 9.80 Å². The number of carboxylic acid groups (broad SMARTS) is 1. The quantitative estimate of drug-likeness (QED) is 0.720. The molecule has 0 saturated carbocycles. The van der Waals surface area contributed by atoms with Crippen LogP contribution < -0.4 is 0 Å². The third kappa shape index (κ3) is 2.19. The third-order valence-corrected chi connectivity index (χ3v) is 3.64. The summed E-state index contributed by atoms with van der Waals surface area (Å²) in [5.41, 5.74) is 0. The van der Waals surface area contributed by atoms with Crippen LogP contribution in [0.5, 0.6) is 0 Å². The summed E-state index contributed by atoms with van der Waals surface area (Å²) in [6.07, 6.45) is 2.12. The molecule has 2 saturated heterocycles. The van der Waals surface area contributed by atoms with Gasteiger partial charge in [0.15, 0.2) is 0 Å². The van der Waals surface area contributed by atoms with Gasteiger partial charge < -0.3 is 14.9 Å². The second-order valence-electron chi connectivity index (χ2n) is 4.82. The number of carbonyl (C=O) groups is 2. The first-order valence-electron chi connectivity index (χ1n) is 5.78. The van der Waals surface area contributed by atoms with Crippen LogP contribution in [0.15, 0.2) is 0 Å². The van der Waals surface area contributed by atoms with Crippen LogP contribution >= 0.6 is 0 Å². The molecule has 5 nitrogen and oxygen atoms in total. The maximum absolute atomic E-state index is 11.7. The number of amides is 1. The minimum absolute atomic E-state index is 0.0157. The highest BCUT2D eigenvalue weighted by atomic mass is 16.4. The van der Waals surface area contributed by atoms with E-state index in [4.69, 9.17) is 5.11 Å². The molecule has 2 heterocycles. The molecule has 2 rings (SSSR count). The van der Waals surface area contributed by atoms with Gasteiger partial charge in [-0.15, -0.1) is 0 Å². The molecular weight excluding hydrogens is 208 g/mol. The first-order chi connectivity index (χ1) is 7.58. The van der Waals surface area contributed by atoms with Gasteiger partial charge in [0, 0.05) is 19.0 Å². The number of hydrogen-bond acceptors (Lipinski definition) is 3. The predicted octanol–water partition coefficient (Wildman–Crippen LogP) is 0.0137. The standard InChI is InChI=1S/C11H18N2O3/c1-12-4-2-9(3-5-12)13-7-8(11(15)16)6-10(13)14/h8-9H,2-7H2,1H3,(H,15,16)/t8-/m0/s1. The van der Waals surface area contributed by atoms with E-state index in [1.807, 2.05) is 0 Å². The molecule has 1 atom stereocenters. The number of rotatable bonds is 2. The zero-order valence-corrected chi connectivity index (χ0v) is 9.56. The summed E-state index contributed by atoms with van der Waals surface area (Å²) >= 11 is 0. The minimum Gasteiger partial charge on any atom is -0.481 e. The molecule has 0 spiro atoms. The van der Waals surface area contributed by atoms with Crippen molar-refractivity contribution in [3.63, 3.8) is 0 Å². The second-order valence-corrected chi connectivity index (χ2v) is 4.82. The van der Waals surface area contributed by atoms with E-state index >= 15 is 0 Å². The Morgan fingerprint density at radius 2 is 2.00 bits per heavy atom. The van der Waals surface area contributed by atoms with Gasteiger partial charge >= 0.3 is 5.97 Å². The topological polar surface area (TPSA) is 60.9 Å². The lowest BCUT2D eigenvalue weighted by atomic mass is 10.0. The van der Waals surface area contributed by atoms with Crippen molar-refractivity contribution in [3.05, 3.63) is 0 Å². The Hall–Kier alpha value is -1.10. The molecule has 0 radical (unpaired) electrons. The van der Waals surface area contributed by atoms with E-state index < -0.39 is 11.9 Å². The summed E-state index contributed by atoms with van der Waals surface area (Å²) in [5.74, 6) is -1.32. The zero-order valence-electron chi connectivity index (χ0n) is 9.56. The third-order valence-electron chi connectivity index (χ3n) is 3.64. The second kappa shape index (κ2) is 4.41. The van der Waals surface area contributed by atoms with Gasteiger partial charge in [-0.1, -0.05) is 0 Å². The Labute approximate surface area is 95.0 Å². The van der Waals surface area contributed by atoms with Crippen LogP contribution in [0.1, 0.15) is 19.3 Å². The number of nitrogens with zero attached hydrogens (tertiary/aromatic N) is 2. The van der Waals surface area contributed by atoms with Crippen molar-refractivity contribution >= 4 is 11.9 Å². The smallest absolute Gasteiger partial charge is 0.308 e. The Morgan fingerprint density at radius 3 is 2.50 bits per heavy atom. The van der Waals surface area contributed by atoms with E-state index in [-0.39, 0.29) is 18.4 Å². The first kappa shape index (κ1) is 11.4. The highest BCUT2D eigenvalue weighted by Crippen LogP contribution is 2.25. The monoisotopic (exact) mass is 226 g/mol. The van der Waals surface area contributed by atoms with Crippen molar-refractivity contribution in [1.29, 1.82) is 0 Å². The van der Waals surface area contributed by atoms with Gasteiger partial charge in [-0.2, -0.15) is 0 Å². The van der Waals surface area contributed by atoms with Gasteiger partial charge in [-0.05, 0) is 33.0 Å². The molecule has 90 valence electrons. The molecular formula is C11H18N2O3. The van der Waals surface area contributed by atoms with E-state index in [1.54, 1.807) is 4.90 Å². The van der Waals surface area contributed by atoms with Gasteiger partial charge in [0.25, 0.3) is 0 Å². The summed E-state index contributed by atoms with van der Waals surface area (Å²) in [5, 5.41) is 8.90. The maximum atomic E-state index is 11.7. The van der Waals surface area contributed by atoms with E-state index in [2.05, 4.69) is 11.9 Å². The van der Waals surface area contributed by atoms with E-state index in [9.17, 15) is 9.59 Å². The molecule has 2 fully saturated rings. The highest BCUT2D eigenvalue weighted by Gasteiger charge is 2.38. The average molecular weight is 226 g/mol. The maximum Gasteiger partial charge on any atom is 0.308 e. The van der Waals surface area contributed by atoms with E-state index in [0.29, 0.717) is 6.54 Å². The Kier molecular flexibility index (Phi) is 3.14. The van der Waals surface area contributed by atoms with Gasteiger partial charge in [0.2, 0.25) is 5.91 Å². The lowest BCUT2D eigenvalue weighted by molar-refractivity contribution is -0.141. The lowest BCUT2D eigenvalue weighted by Gasteiger charge is -2.35. The number of aliphatic carboxylic acids is 1. The van der Waals surface area contributed by atoms with E-state index in [0.717, 1.165) is 25.9 Å². The number of carboxylic acids is 1. The summed E-state index contributed by atoms with van der Waals surface area (Å²) < 4.78 is 0. The minimum atomic E-state index is -0.844. The molecule has 0 aromatic heterocycles. The molecule has 0 unspecified atom stereocenters. The highest BCUT2D eigenvalue weighted by molar-refractivity contribution is 5.86. The van der Waals surface area contributed by atoms with Crippen LogP contribution in [0, 0.1) is 5.92 Å². The number of likely N-dealkylation sites (tertiary alicyclic amines) is 2. The van der Waals surface area contributed by atoms with Gasteiger partial charge in [0.05, 0.1) is 5.92 Å². The van der Waals surface area contributed by atoms with Gasteiger partial charge in [-0.25, -0.2) is 0 Å². The fourth-order valence-electron chi connectivity index (χ4n) is 2.56. The molecule has 5 heteroatoms. The number of piperidine rings is 1.